The number of piperidine rings is 1. The monoisotopic (exact) mass is 828 g/mol. The zero-order chi connectivity index (χ0) is 37.3. The Hall–Kier alpha value is -4.81. The first-order valence-corrected chi connectivity index (χ1v) is 17.6. The van der Waals surface area contributed by atoms with E-state index in [1.54, 1.807) is 49.8 Å². The van der Waals surface area contributed by atoms with Crippen LogP contribution in [-0.2, 0) is 13.1 Å². The van der Waals surface area contributed by atoms with Gasteiger partial charge in [0.15, 0.2) is 23.0 Å². The molecule has 1 aliphatic rings. The SMILES string of the molecule is COc1ccc(N(Cc2ccc(-c3cc(OC)c(OC)c(OC)c3)nc2)C2CCN(Cc3ccnc(-c4cc(OC)c(OC)c(OC)c4)c3)CC2)cc1.Cl.Cl.Cl. The van der Waals surface area contributed by atoms with Crippen LogP contribution in [-0.4, -0.2) is 83.8 Å². The Kier molecular flexibility index (Phi) is 17.5. The van der Waals surface area contributed by atoms with Gasteiger partial charge < -0.3 is 38.1 Å². The van der Waals surface area contributed by atoms with Crippen molar-refractivity contribution in [1.82, 2.24) is 14.9 Å². The van der Waals surface area contributed by atoms with Crippen molar-refractivity contribution >= 4 is 42.9 Å². The van der Waals surface area contributed by atoms with Crippen LogP contribution >= 0.6 is 37.2 Å². The normalized spacial score (nSPS) is 12.6. The fourth-order valence-corrected chi connectivity index (χ4v) is 6.93. The Morgan fingerprint density at radius 1 is 0.571 bits per heavy atom. The van der Waals surface area contributed by atoms with E-state index in [1.165, 1.54) is 5.56 Å². The molecular weight excluding hydrogens is 779 g/mol. The van der Waals surface area contributed by atoms with Gasteiger partial charge in [-0.05, 0) is 90.7 Å². The maximum atomic E-state index is 5.58. The fourth-order valence-electron chi connectivity index (χ4n) is 6.93. The zero-order valence-electron chi connectivity index (χ0n) is 32.8. The van der Waals surface area contributed by atoms with Crippen LogP contribution < -0.4 is 38.1 Å². The number of anilines is 1. The van der Waals surface area contributed by atoms with Crippen molar-refractivity contribution < 1.29 is 33.2 Å². The third-order valence-electron chi connectivity index (χ3n) is 9.73. The van der Waals surface area contributed by atoms with Crippen LogP contribution in [0.15, 0.2) is 85.2 Å². The Balaban J connectivity index is 0.00000280. The van der Waals surface area contributed by atoms with Gasteiger partial charge in [-0.2, -0.15) is 0 Å². The summed E-state index contributed by atoms with van der Waals surface area (Å²) in [5.74, 6) is 4.33. The molecule has 0 bridgehead atoms. The molecule has 0 radical (unpaired) electrons. The van der Waals surface area contributed by atoms with Crippen molar-refractivity contribution in [2.24, 2.45) is 0 Å². The predicted molar refractivity (Wildman–Crippen MR) is 228 cm³/mol. The fraction of sp³-hybridized carbons (Fsp3) is 0.333. The van der Waals surface area contributed by atoms with Crippen LogP contribution in [0, 0.1) is 0 Å². The summed E-state index contributed by atoms with van der Waals surface area (Å²) < 4.78 is 38.8. The summed E-state index contributed by atoms with van der Waals surface area (Å²) in [6.07, 6.45) is 5.87. The minimum absolute atomic E-state index is 0. The molecule has 0 atom stereocenters. The van der Waals surface area contributed by atoms with Gasteiger partial charge in [0.1, 0.15) is 5.75 Å². The standard InChI is InChI=1S/C42H48N4O7.3ClH/c1-47-34-11-9-32(10-12-34)46(27-29-8-13-35(44-25-29)30-21-37(48-2)41(52-6)38(22-30)49-3)33-15-18-45(19-16-33)26-28-14-17-43-36(20-28)31-23-39(50-4)42(53-7)40(24-31)51-5;;;/h8-14,17,20-25,33H,15-16,18-19,26-27H2,1-7H3;3*1H. The zero-order valence-corrected chi connectivity index (χ0v) is 35.2. The molecule has 1 fully saturated rings. The molecule has 3 heterocycles. The summed E-state index contributed by atoms with van der Waals surface area (Å²) in [6.45, 7) is 3.50. The third-order valence-corrected chi connectivity index (χ3v) is 9.73. The summed E-state index contributed by atoms with van der Waals surface area (Å²) in [4.78, 5) is 14.5. The van der Waals surface area contributed by atoms with Crippen molar-refractivity contribution in [3.63, 3.8) is 0 Å². The number of hydrogen-bond acceptors (Lipinski definition) is 11. The highest BCUT2D eigenvalue weighted by atomic mass is 35.5. The molecule has 5 aromatic rings. The molecule has 0 amide bonds. The number of nitrogens with zero attached hydrogens (tertiary/aromatic N) is 4. The van der Waals surface area contributed by atoms with E-state index in [9.17, 15) is 0 Å². The molecule has 11 nitrogen and oxygen atoms in total. The number of halogens is 3. The van der Waals surface area contributed by atoms with Crippen LogP contribution in [0.2, 0.25) is 0 Å². The highest BCUT2D eigenvalue weighted by Gasteiger charge is 2.26. The number of ether oxygens (including phenoxy) is 7. The van der Waals surface area contributed by atoms with Crippen molar-refractivity contribution in [3.8, 4) is 62.8 Å². The van der Waals surface area contributed by atoms with Gasteiger partial charge in [0, 0.05) is 61.4 Å². The van der Waals surface area contributed by atoms with E-state index in [2.05, 4.69) is 45.1 Å². The molecule has 2 aromatic heterocycles. The molecule has 1 saturated heterocycles. The Labute approximate surface area is 348 Å². The molecule has 56 heavy (non-hydrogen) atoms. The lowest BCUT2D eigenvalue weighted by atomic mass is 10.00. The smallest absolute Gasteiger partial charge is 0.203 e. The summed E-state index contributed by atoms with van der Waals surface area (Å²) in [5, 5.41) is 0. The first-order valence-electron chi connectivity index (χ1n) is 17.6. The van der Waals surface area contributed by atoms with Gasteiger partial charge in [0.05, 0.1) is 61.2 Å². The van der Waals surface area contributed by atoms with Crippen LogP contribution in [0.3, 0.4) is 0 Å². The van der Waals surface area contributed by atoms with Gasteiger partial charge in [-0.25, -0.2) is 0 Å². The minimum atomic E-state index is 0. The molecule has 0 saturated carbocycles. The summed E-state index contributed by atoms with van der Waals surface area (Å²) >= 11 is 0. The van der Waals surface area contributed by atoms with Crippen molar-refractivity contribution in [1.29, 1.82) is 0 Å². The van der Waals surface area contributed by atoms with Gasteiger partial charge in [-0.15, -0.1) is 37.2 Å². The molecule has 1 aliphatic heterocycles. The van der Waals surface area contributed by atoms with E-state index in [4.69, 9.17) is 38.1 Å². The largest absolute Gasteiger partial charge is 0.497 e. The molecule has 6 rings (SSSR count). The number of hydrogen-bond donors (Lipinski definition) is 0. The molecule has 0 unspecified atom stereocenters. The maximum absolute atomic E-state index is 5.58. The average molecular weight is 830 g/mol. The Bertz CT molecular complexity index is 1930. The maximum Gasteiger partial charge on any atom is 0.203 e. The van der Waals surface area contributed by atoms with Gasteiger partial charge in [-0.3, -0.25) is 14.9 Å². The van der Waals surface area contributed by atoms with Crippen LogP contribution in [0.25, 0.3) is 22.5 Å². The average Bonchev–Trinajstić information content (AvgIpc) is 3.22. The number of benzene rings is 3. The number of aromatic nitrogens is 2. The Morgan fingerprint density at radius 3 is 1.57 bits per heavy atom. The topological polar surface area (TPSA) is 96.9 Å². The van der Waals surface area contributed by atoms with E-state index in [0.717, 1.165) is 78.5 Å². The minimum Gasteiger partial charge on any atom is -0.497 e. The van der Waals surface area contributed by atoms with Gasteiger partial charge in [0.2, 0.25) is 11.5 Å². The highest BCUT2D eigenvalue weighted by Crippen LogP contribution is 2.42. The van der Waals surface area contributed by atoms with Crippen LogP contribution in [0.5, 0.6) is 40.2 Å². The van der Waals surface area contributed by atoms with Crippen molar-refractivity contribution in [2.45, 2.75) is 32.0 Å². The third kappa shape index (κ3) is 10.3. The second-order valence-corrected chi connectivity index (χ2v) is 12.8. The number of pyridine rings is 2. The van der Waals surface area contributed by atoms with E-state index < -0.39 is 0 Å². The summed E-state index contributed by atoms with van der Waals surface area (Å²) in [7, 11) is 11.4. The highest BCUT2D eigenvalue weighted by molar-refractivity contribution is 5.86. The van der Waals surface area contributed by atoms with Gasteiger partial charge >= 0.3 is 0 Å². The van der Waals surface area contributed by atoms with E-state index >= 15 is 0 Å². The predicted octanol–water partition coefficient (Wildman–Crippen LogP) is 8.81. The molecule has 0 spiro atoms. The number of methoxy groups -OCH3 is 7. The number of rotatable bonds is 15. The summed E-state index contributed by atoms with van der Waals surface area (Å²) in [6, 6.07) is 24.8. The van der Waals surface area contributed by atoms with Crippen molar-refractivity contribution in [2.75, 3.05) is 67.8 Å². The van der Waals surface area contributed by atoms with Gasteiger partial charge in [0.25, 0.3) is 0 Å². The molecule has 0 aliphatic carbocycles. The first kappa shape index (κ1) is 45.6. The second kappa shape index (κ2) is 21.5. The van der Waals surface area contributed by atoms with E-state index in [-0.39, 0.29) is 37.2 Å². The second-order valence-electron chi connectivity index (χ2n) is 12.8. The molecule has 3 aromatic carbocycles. The molecule has 14 heteroatoms. The Morgan fingerprint density at radius 2 is 1.11 bits per heavy atom. The van der Waals surface area contributed by atoms with E-state index in [0.29, 0.717) is 40.5 Å². The molecule has 0 N–H and O–H groups in total. The first-order chi connectivity index (χ1) is 25.9. The molecular formula is C42H51Cl3N4O7. The van der Waals surface area contributed by atoms with Gasteiger partial charge in [-0.1, -0.05) is 6.07 Å². The quantitative estimate of drug-likeness (QED) is 0.101. The lowest BCUT2D eigenvalue weighted by Gasteiger charge is -2.40. The lowest BCUT2D eigenvalue weighted by Crippen LogP contribution is -2.44. The van der Waals surface area contributed by atoms with E-state index in [1.807, 2.05) is 54.9 Å². The van der Waals surface area contributed by atoms with Crippen molar-refractivity contribution in [3.05, 3.63) is 96.3 Å². The molecule has 302 valence electrons. The number of likely N-dealkylation sites (tertiary alicyclic amines) is 1. The van der Waals surface area contributed by atoms with Crippen LogP contribution in [0.4, 0.5) is 5.69 Å². The lowest BCUT2D eigenvalue weighted by molar-refractivity contribution is 0.201. The summed E-state index contributed by atoms with van der Waals surface area (Å²) in [5.41, 5.74) is 6.94. The van der Waals surface area contributed by atoms with Crippen LogP contribution in [0.1, 0.15) is 24.0 Å².